The molecule has 1 N–H and O–H groups in total. The van der Waals surface area contributed by atoms with Crippen molar-refractivity contribution in [2.24, 2.45) is 0 Å². The van der Waals surface area contributed by atoms with Crippen LogP contribution in [0.2, 0.25) is 5.02 Å². The van der Waals surface area contributed by atoms with Gasteiger partial charge in [-0.15, -0.1) is 0 Å². The van der Waals surface area contributed by atoms with Crippen LogP contribution in [-0.4, -0.2) is 62.2 Å². The van der Waals surface area contributed by atoms with Crippen LogP contribution in [0.5, 0.6) is 0 Å². The molecule has 2 rings (SSSR count). The van der Waals surface area contributed by atoms with Crippen LogP contribution < -0.4 is 5.32 Å². The zero-order chi connectivity index (χ0) is 20.0. The van der Waals surface area contributed by atoms with E-state index in [1.165, 1.54) is 22.5 Å². The molecular formula is C18H26ClN3O4S. The van der Waals surface area contributed by atoms with Gasteiger partial charge in [0.25, 0.3) is 5.91 Å². The molecular weight excluding hydrogens is 390 g/mol. The summed E-state index contributed by atoms with van der Waals surface area (Å²) < 4.78 is 26.7. The molecule has 0 spiro atoms. The molecule has 2 amide bonds. The summed E-state index contributed by atoms with van der Waals surface area (Å²) in [5.41, 5.74) is 0.193. The summed E-state index contributed by atoms with van der Waals surface area (Å²) in [5.74, 6) is -0.411. The highest BCUT2D eigenvalue weighted by atomic mass is 35.5. The van der Waals surface area contributed by atoms with E-state index in [0.29, 0.717) is 13.1 Å². The predicted molar refractivity (Wildman–Crippen MR) is 104 cm³/mol. The van der Waals surface area contributed by atoms with Crippen molar-refractivity contribution in [1.29, 1.82) is 0 Å². The number of rotatable bonds is 8. The van der Waals surface area contributed by atoms with Gasteiger partial charge in [-0.25, -0.2) is 8.42 Å². The minimum Gasteiger partial charge on any atom is -0.352 e. The first-order valence-corrected chi connectivity index (χ1v) is 11.0. The second-order valence-electron chi connectivity index (χ2n) is 6.33. The highest BCUT2D eigenvalue weighted by molar-refractivity contribution is 7.89. The van der Waals surface area contributed by atoms with Gasteiger partial charge in [0.05, 0.1) is 5.02 Å². The van der Waals surface area contributed by atoms with Gasteiger partial charge in [0.15, 0.2) is 0 Å². The summed E-state index contributed by atoms with van der Waals surface area (Å²) in [6.45, 7) is 5.85. The van der Waals surface area contributed by atoms with Gasteiger partial charge in [-0.1, -0.05) is 25.4 Å². The number of likely N-dealkylation sites (tertiary alicyclic amines) is 1. The van der Waals surface area contributed by atoms with Crippen molar-refractivity contribution in [1.82, 2.24) is 14.5 Å². The van der Waals surface area contributed by atoms with Crippen molar-refractivity contribution in [3.8, 4) is 0 Å². The van der Waals surface area contributed by atoms with E-state index >= 15 is 0 Å². The Morgan fingerprint density at radius 1 is 1.19 bits per heavy atom. The zero-order valence-electron chi connectivity index (χ0n) is 15.7. The maximum absolute atomic E-state index is 12.7. The Balaban J connectivity index is 2.05. The summed E-state index contributed by atoms with van der Waals surface area (Å²) in [6.07, 6.45) is 2.27. The molecule has 9 heteroatoms. The van der Waals surface area contributed by atoms with Crippen LogP contribution in [-0.2, 0) is 14.8 Å². The van der Waals surface area contributed by atoms with Gasteiger partial charge in [-0.3, -0.25) is 9.59 Å². The molecule has 7 nitrogen and oxygen atoms in total. The number of carbonyl (C=O) groups is 2. The number of sulfonamides is 1. The first-order valence-electron chi connectivity index (χ1n) is 9.17. The van der Waals surface area contributed by atoms with Crippen molar-refractivity contribution in [2.75, 3.05) is 32.7 Å². The molecule has 1 aromatic carbocycles. The van der Waals surface area contributed by atoms with Crippen molar-refractivity contribution in [3.05, 3.63) is 28.8 Å². The number of hydrogen-bond donors (Lipinski definition) is 1. The first kappa shape index (κ1) is 21.7. The molecule has 1 aliphatic rings. The largest absolute Gasteiger partial charge is 0.352 e. The monoisotopic (exact) mass is 415 g/mol. The molecule has 0 aromatic heterocycles. The highest BCUT2D eigenvalue weighted by Crippen LogP contribution is 2.25. The van der Waals surface area contributed by atoms with Gasteiger partial charge < -0.3 is 10.2 Å². The lowest BCUT2D eigenvalue weighted by molar-refractivity contribution is -0.129. The topological polar surface area (TPSA) is 86.8 Å². The molecule has 0 saturated carbocycles. The lowest BCUT2D eigenvalue weighted by Crippen LogP contribution is -2.33. The summed E-state index contributed by atoms with van der Waals surface area (Å²) in [7, 11) is -3.77. The van der Waals surface area contributed by atoms with E-state index < -0.39 is 15.9 Å². The SMILES string of the molecule is CCN(CC)S(=O)(=O)c1cc(C(=O)NCCC(=O)N2CCCC2)ccc1Cl. The number of benzene rings is 1. The van der Waals surface area contributed by atoms with E-state index in [2.05, 4.69) is 5.32 Å². The predicted octanol–water partition coefficient (Wildman–Crippen LogP) is 2.11. The Hall–Kier alpha value is -1.64. The Labute approximate surface area is 165 Å². The normalized spacial score (nSPS) is 14.6. The molecule has 0 unspecified atom stereocenters. The van der Waals surface area contributed by atoms with Gasteiger partial charge in [-0.05, 0) is 31.0 Å². The molecule has 1 fully saturated rings. The van der Waals surface area contributed by atoms with Crippen LogP contribution in [0.25, 0.3) is 0 Å². The average molecular weight is 416 g/mol. The fourth-order valence-electron chi connectivity index (χ4n) is 3.05. The number of amides is 2. The number of nitrogens with zero attached hydrogens (tertiary/aromatic N) is 2. The summed E-state index contributed by atoms with van der Waals surface area (Å²) >= 11 is 6.07. The minimum atomic E-state index is -3.77. The Morgan fingerprint density at radius 3 is 2.41 bits per heavy atom. The van der Waals surface area contributed by atoms with E-state index in [-0.39, 0.29) is 34.4 Å². The van der Waals surface area contributed by atoms with Crippen molar-refractivity contribution < 1.29 is 18.0 Å². The average Bonchev–Trinajstić information content (AvgIpc) is 3.17. The van der Waals surface area contributed by atoms with Gasteiger partial charge in [0.2, 0.25) is 15.9 Å². The van der Waals surface area contributed by atoms with Crippen LogP contribution in [0.3, 0.4) is 0 Å². The Morgan fingerprint density at radius 2 is 1.81 bits per heavy atom. The number of hydrogen-bond acceptors (Lipinski definition) is 4. The summed E-state index contributed by atoms with van der Waals surface area (Å²) in [6, 6.07) is 4.16. The maximum atomic E-state index is 12.7. The second-order valence-corrected chi connectivity index (χ2v) is 8.64. The number of nitrogens with one attached hydrogen (secondary N) is 1. The molecule has 1 saturated heterocycles. The van der Waals surface area contributed by atoms with Crippen LogP contribution in [0.1, 0.15) is 43.5 Å². The molecule has 150 valence electrons. The van der Waals surface area contributed by atoms with E-state index in [9.17, 15) is 18.0 Å². The van der Waals surface area contributed by atoms with E-state index in [1.807, 2.05) is 0 Å². The molecule has 0 aliphatic carbocycles. The molecule has 1 heterocycles. The van der Waals surface area contributed by atoms with Crippen molar-refractivity contribution in [2.45, 2.75) is 38.0 Å². The molecule has 1 aromatic rings. The van der Waals surface area contributed by atoms with Crippen molar-refractivity contribution >= 4 is 33.4 Å². The number of carbonyl (C=O) groups excluding carboxylic acids is 2. The second kappa shape index (κ2) is 9.52. The lowest BCUT2D eigenvalue weighted by Gasteiger charge is -2.19. The Bertz CT molecular complexity index is 788. The fourth-order valence-corrected chi connectivity index (χ4v) is 5.01. The van der Waals surface area contributed by atoms with Crippen LogP contribution in [0.15, 0.2) is 23.1 Å². The van der Waals surface area contributed by atoms with Gasteiger partial charge >= 0.3 is 0 Å². The zero-order valence-corrected chi connectivity index (χ0v) is 17.3. The molecule has 0 bridgehead atoms. The third-order valence-corrected chi connectivity index (χ3v) is 7.13. The third-order valence-electron chi connectivity index (χ3n) is 4.60. The first-order chi connectivity index (χ1) is 12.8. The molecule has 27 heavy (non-hydrogen) atoms. The van der Waals surface area contributed by atoms with Crippen LogP contribution in [0.4, 0.5) is 0 Å². The molecule has 1 aliphatic heterocycles. The summed E-state index contributed by atoms with van der Waals surface area (Å²) in [4.78, 5) is 26.1. The fraction of sp³-hybridized carbons (Fsp3) is 0.556. The highest BCUT2D eigenvalue weighted by Gasteiger charge is 2.25. The lowest BCUT2D eigenvalue weighted by atomic mass is 10.2. The van der Waals surface area contributed by atoms with Crippen LogP contribution in [0, 0.1) is 0 Å². The maximum Gasteiger partial charge on any atom is 0.251 e. The smallest absolute Gasteiger partial charge is 0.251 e. The number of halogens is 1. The van der Waals surface area contributed by atoms with E-state index in [4.69, 9.17) is 11.6 Å². The minimum absolute atomic E-state index is 0.0220. The molecule has 0 atom stereocenters. The van der Waals surface area contributed by atoms with Gasteiger partial charge in [0, 0.05) is 44.7 Å². The molecule has 0 radical (unpaired) electrons. The van der Waals surface area contributed by atoms with Gasteiger partial charge in [-0.2, -0.15) is 4.31 Å². The quantitative estimate of drug-likeness (QED) is 0.704. The Kier molecular flexibility index (Phi) is 7.64. The van der Waals surface area contributed by atoms with Gasteiger partial charge in [0.1, 0.15) is 4.90 Å². The summed E-state index contributed by atoms with van der Waals surface area (Å²) in [5, 5.41) is 2.74. The standard InChI is InChI=1S/C18H26ClN3O4S/c1-3-22(4-2)27(25,26)16-13-14(7-8-15(16)19)18(24)20-10-9-17(23)21-11-5-6-12-21/h7-8,13H,3-6,9-12H2,1-2H3,(H,20,24). The van der Waals surface area contributed by atoms with E-state index in [1.54, 1.807) is 18.7 Å². The van der Waals surface area contributed by atoms with Crippen LogP contribution >= 0.6 is 11.6 Å². The third kappa shape index (κ3) is 5.21. The van der Waals surface area contributed by atoms with Crippen molar-refractivity contribution in [3.63, 3.8) is 0 Å². The van der Waals surface area contributed by atoms with E-state index in [0.717, 1.165) is 25.9 Å².